The van der Waals surface area contributed by atoms with E-state index < -0.39 is 46.6 Å². The summed E-state index contributed by atoms with van der Waals surface area (Å²) in [5.74, 6) is -2.09. The summed E-state index contributed by atoms with van der Waals surface area (Å²) in [5, 5.41) is 22.2. The molecule has 4 aliphatic carbocycles. The lowest BCUT2D eigenvalue weighted by Crippen LogP contribution is -2.69. The second-order valence-electron chi connectivity index (χ2n) is 9.75. The summed E-state index contributed by atoms with van der Waals surface area (Å²) >= 11 is 0. The van der Waals surface area contributed by atoms with Crippen LogP contribution in [-0.2, 0) is 9.59 Å². The predicted octanol–water partition coefficient (Wildman–Crippen LogP) is 2.87. The molecule has 8 atom stereocenters. The Balaban J connectivity index is 1.84. The van der Waals surface area contributed by atoms with E-state index in [4.69, 9.17) is 0 Å². The van der Waals surface area contributed by atoms with Crippen molar-refractivity contribution in [2.24, 2.45) is 28.6 Å². The Morgan fingerprint density at radius 1 is 1.32 bits per heavy atom. The number of aliphatic hydroxyl groups is 2. The van der Waals surface area contributed by atoms with Gasteiger partial charge in [-0.25, -0.2) is 8.78 Å². The molecule has 0 heterocycles. The van der Waals surface area contributed by atoms with Gasteiger partial charge in [0.1, 0.15) is 5.60 Å². The first-order chi connectivity index (χ1) is 13.0. The highest BCUT2D eigenvalue weighted by Crippen LogP contribution is 2.70. The molecule has 6 heteroatoms. The Labute approximate surface area is 163 Å². The van der Waals surface area contributed by atoms with Crippen LogP contribution in [-0.4, -0.2) is 45.8 Å². The molecule has 0 saturated heterocycles. The fraction of sp³-hybridized carbons (Fsp3) is 0.727. The number of carbonyl (C=O) groups excluding carboxylic acids is 2. The van der Waals surface area contributed by atoms with Gasteiger partial charge < -0.3 is 10.2 Å². The highest BCUT2D eigenvalue weighted by Gasteiger charge is 2.74. The van der Waals surface area contributed by atoms with E-state index in [-0.39, 0.29) is 30.5 Å². The van der Waals surface area contributed by atoms with Crippen molar-refractivity contribution in [2.75, 3.05) is 6.67 Å². The summed E-state index contributed by atoms with van der Waals surface area (Å²) < 4.78 is 30.1. The molecule has 0 radical (unpaired) electrons. The first kappa shape index (κ1) is 19.9. The highest BCUT2D eigenvalue weighted by atomic mass is 19.1. The van der Waals surface area contributed by atoms with E-state index in [0.29, 0.717) is 18.4 Å². The van der Waals surface area contributed by atoms with E-state index in [0.717, 1.165) is 0 Å². The maximum absolute atomic E-state index is 16.9. The van der Waals surface area contributed by atoms with E-state index in [1.54, 1.807) is 19.9 Å². The second kappa shape index (κ2) is 5.82. The lowest BCUT2D eigenvalue weighted by Gasteiger charge is -2.63. The Morgan fingerprint density at radius 2 is 2.00 bits per heavy atom. The summed E-state index contributed by atoms with van der Waals surface area (Å²) in [4.78, 5) is 24.2. The number of alkyl halides is 2. The summed E-state index contributed by atoms with van der Waals surface area (Å²) in [5.41, 5.74) is -5.42. The van der Waals surface area contributed by atoms with Gasteiger partial charge in [0.2, 0.25) is 0 Å². The summed E-state index contributed by atoms with van der Waals surface area (Å²) in [7, 11) is 0. The number of allylic oxidation sites excluding steroid dienone is 4. The number of halogens is 2. The molecular formula is C22H28F2O4. The minimum atomic E-state index is -2.02. The maximum Gasteiger partial charge on any atom is 0.195 e. The molecule has 3 saturated carbocycles. The van der Waals surface area contributed by atoms with Crippen molar-refractivity contribution in [1.82, 2.24) is 0 Å². The Kier molecular flexibility index (Phi) is 4.13. The quantitative estimate of drug-likeness (QED) is 0.755. The molecule has 0 aromatic rings. The normalized spacial score (nSPS) is 52.5. The van der Waals surface area contributed by atoms with Gasteiger partial charge in [-0.2, -0.15) is 0 Å². The third-order valence-electron chi connectivity index (χ3n) is 8.70. The third-order valence-corrected chi connectivity index (χ3v) is 8.70. The number of carbonyl (C=O) groups is 2. The fourth-order valence-electron chi connectivity index (χ4n) is 7.17. The fourth-order valence-corrected chi connectivity index (χ4v) is 7.17. The van der Waals surface area contributed by atoms with E-state index in [1.165, 1.54) is 12.2 Å². The topological polar surface area (TPSA) is 74.6 Å². The first-order valence-corrected chi connectivity index (χ1v) is 10.1. The van der Waals surface area contributed by atoms with Crippen LogP contribution in [0.2, 0.25) is 0 Å². The number of hydrogen-bond acceptors (Lipinski definition) is 4. The van der Waals surface area contributed by atoms with Gasteiger partial charge in [0.15, 0.2) is 23.9 Å². The van der Waals surface area contributed by atoms with E-state index >= 15 is 4.39 Å². The minimum absolute atomic E-state index is 0.0760. The molecule has 0 aliphatic heterocycles. The van der Waals surface area contributed by atoms with Crippen molar-refractivity contribution < 1.29 is 28.6 Å². The molecule has 0 aromatic carbocycles. The Morgan fingerprint density at radius 3 is 2.64 bits per heavy atom. The van der Waals surface area contributed by atoms with Crippen LogP contribution < -0.4 is 0 Å². The zero-order chi connectivity index (χ0) is 20.7. The molecule has 0 spiro atoms. The molecule has 2 N–H and O–H groups in total. The van der Waals surface area contributed by atoms with Crippen molar-refractivity contribution in [2.45, 2.75) is 63.8 Å². The maximum atomic E-state index is 16.9. The summed E-state index contributed by atoms with van der Waals surface area (Å²) in [6.45, 7) is 4.10. The number of aliphatic hydroxyl groups excluding tert-OH is 1. The van der Waals surface area contributed by atoms with Gasteiger partial charge in [-0.15, -0.1) is 0 Å². The molecule has 0 bridgehead atoms. The monoisotopic (exact) mass is 394 g/mol. The number of rotatable bonds is 2. The van der Waals surface area contributed by atoms with E-state index in [2.05, 4.69) is 0 Å². The summed E-state index contributed by atoms with van der Waals surface area (Å²) in [6.07, 6.45) is 3.77. The van der Waals surface area contributed by atoms with Gasteiger partial charge in [0.05, 0.1) is 6.10 Å². The molecule has 4 rings (SSSR count). The third kappa shape index (κ3) is 2.06. The SMILES string of the molecule is C[C@H]1C[C@@H]2[C@@H]3CC[C@](O)(C(=O)CF)[C@]3(C)C[C@@H](O)[C@]2(F)[C@@]2(C)C=CC(=O)C=C12. The van der Waals surface area contributed by atoms with Crippen LogP contribution in [0, 0.1) is 28.6 Å². The van der Waals surface area contributed by atoms with Crippen molar-refractivity contribution in [1.29, 1.82) is 0 Å². The first-order valence-electron chi connectivity index (χ1n) is 10.1. The molecule has 4 aliphatic rings. The molecule has 0 aromatic heterocycles. The van der Waals surface area contributed by atoms with Crippen LogP contribution in [0.4, 0.5) is 8.78 Å². The van der Waals surface area contributed by atoms with Gasteiger partial charge in [-0.3, -0.25) is 9.59 Å². The van der Waals surface area contributed by atoms with E-state index in [9.17, 15) is 24.2 Å². The van der Waals surface area contributed by atoms with Crippen molar-refractivity contribution >= 4 is 11.6 Å². The molecule has 154 valence electrons. The van der Waals surface area contributed by atoms with Gasteiger partial charge >= 0.3 is 0 Å². The second-order valence-corrected chi connectivity index (χ2v) is 9.75. The Bertz CT molecular complexity index is 806. The Hall–Kier alpha value is -1.40. The van der Waals surface area contributed by atoms with Crippen LogP contribution in [0.5, 0.6) is 0 Å². The lowest BCUT2D eigenvalue weighted by molar-refractivity contribution is -0.220. The molecule has 28 heavy (non-hydrogen) atoms. The number of fused-ring (bicyclic) bond motifs is 5. The van der Waals surface area contributed by atoms with Crippen LogP contribution in [0.1, 0.15) is 46.5 Å². The number of Topliss-reactive ketones (excluding diaryl/α,β-unsaturated/α-hetero) is 1. The van der Waals surface area contributed by atoms with Gasteiger partial charge in [-0.05, 0) is 56.6 Å². The predicted molar refractivity (Wildman–Crippen MR) is 98.8 cm³/mol. The summed E-state index contributed by atoms with van der Waals surface area (Å²) in [6, 6.07) is 0. The van der Waals surface area contributed by atoms with Crippen LogP contribution in [0.15, 0.2) is 23.8 Å². The largest absolute Gasteiger partial charge is 0.390 e. The van der Waals surface area contributed by atoms with Crippen LogP contribution in [0.3, 0.4) is 0 Å². The van der Waals surface area contributed by atoms with Crippen molar-refractivity contribution in [3.05, 3.63) is 23.8 Å². The van der Waals surface area contributed by atoms with Crippen molar-refractivity contribution in [3.8, 4) is 0 Å². The lowest BCUT2D eigenvalue weighted by atomic mass is 9.43. The molecular weight excluding hydrogens is 366 g/mol. The molecule has 4 nitrogen and oxygen atoms in total. The smallest absolute Gasteiger partial charge is 0.195 e. The zero-order valence-electron chi connectivity index (χ0n) is 16.5. The van der Waals surface area contributed by atoms with E-state index in [1.807, 2.05) is 6.92 Å². The van der Waals surface area contributed by atoms with Gasteiger partial charge in [-0.1, -0.05) is 25.5 Å². The van der Waals surface area contributed by atoms with Gasteiger partial charge in [0, 0.05) is 16.7 Å². The van der Waals surface area contributed by atoms with Crippen LogP contribution in [0.25, 0.3) is 0 Å². The standard InChI is InChI=1S/C22H28F2O4/c1-12-8-16-14-5-7-21(28,18(27)11-23)20(14,3)10-17(26)22(16,24)19(2)6-4-13(25)9-15(12)19/h4,6,9,12,14,16-17,26,28H,5,7-8,10-11H2,1-3H3/t12-,14-,16+,17+,19-,20+,21-,22-/m0/s1. The average Bonchev–Trinajstić information content (AvgIpc) is 2.91. The molecule has 0 amide bonds. The number of ketones is 2. The molecule has 0 unspecified atom stereocenters. The average molecular weight is 394 g/mol. The minimum Gasteiger partial charge on any atom is -0.390 e. The highest BCUT2D eigenvalue weighted by molar-refractivity contribution is 6.01. The number of hydrogen-bond donors (Lipinski definition) is 2. The molecule has 3 fully saturated rings. The van der Waals surface area contributed by atoms with Gasteiger partial charge in [0.25, 0.3) is 0 Å². The zero-order valence-corrected chi connectivity index (χ0v) is 16.5. The van der Waals surface area contributed by atoms with Crippen molar-refractivity contribution in [3.63, 3.8) is 0 Å². The van der Waals surface area contributed by atoms with Crippen LogP contribution >= 0.6 is 0 Å².